The molecule has 3 rings (SSSR count). The minimum atomic E-state index is -3.72. The zero-order valence-corrected chi connectivity index (χ0v) is 47.7. The maximum Gasteiger partial charge on any atom is -0.160 e. The average molecular weight is 975 g/mol. The van der Waals surface area contributed by atoms with Gasteiger partial charge < -0.3 is 27.7 Å². The van der Waals surface area contributed by atoms with Gasteiger partial charge in [-0.25, -0.2) is 0 Å². The van der Waals surface area contributed by atoms with E-state index >= 15 is 0 Å². The fourth-order valence-electron chi connectivity index (χ4n) is 6.75. The molecule has 0 saturated heterocycles. The largest absolute Gasteiger partial charge is 0.850 e. The Morgan fingerprint density at radius 2 is 0.571 bits per heavy atom. The van der Waals surface area contributed by atoms with Crippen molar-refractivity contribution in [1.29, 1.82) is 0 Å². The molecule has 302 valence electrons. The first-order chi connectivity index (χ1) is 27.0. The van der Waals surface area contributed by atoms with Crippen molar-refractivity contribution >= 4 is 42.2 Å². The van der Waals surface area contributed by atoms with Crippen molar-refractivity contribution in [3.8, 4) is 0 Å². The van der Waals surface area contributed by atoms with Crippen LogP contribution in [-0.2, 0) is 98.2 Å². The third-order valence-electron chi connectivity index (χ3n) is 10.3. The molecule has 8 heteroatoms. The Bertz CT molecular complexity index is 1200. The Hall–Kier alpha value is 0.450. The molecule has 0 aromatic heterocycles. The summed E-state index contributed by atoms with van der Waals surface area (Å²) in [6, 6.07) is 26.8. The number of hydrogen-bond acceptors (Lipinski definition) is 4. The molecule has 2 nitrogen and oxygen atoms in total. The second-order valence-electron chi connectivity index (χ2n) is 15.4. The van der Waals surface area contributed by atoms with E-state index in [4.69, 9.17) is 0 Å². The van der Waals surface area contributed by atoms with E-state index in [1.165, 1.54) is 228 Å². The van der Waals surface area contributed by atoms with Crippen molar-refractivity contribution in [3.63, 3.8) is 0 Å². The molecule has 0 saturated carbocycles. The van der Waals surface area contributed by atoms with E-state index in [0.717, 1.165) is 0 Å². The summed E-state index contributed by atoms with van der Waals surface area (Å²) in [5.41, 5.74) is 1.07. The first-order valence-electron chi connectivity index (χ1n) is 22.5. The summed E-state index contributed by atoms with van der Waals surface area (Å²) < 4.78 is 4.74. The van der Waals surface area contributed by atoms with Gasteiger partial charge >= 0.3 is 351 Å². The Balaban J connectivity index is 0.000000762. The number of unbranched alkanes of at least 4 members (excludes halogenated alkanes) is 21. The van der Waals surface area contributed by atoms with Crippen molar-refractivity contribution < 1.29 is 64.7 Å². The fraction of sp³-hybridized carbons (Fsp3) is 0.625. The van der Waals surface area contributed by atoms with Crippen LogP contribution < -0.4 is 22.3 Å². The molecule has 0 bridgehead atoms. The van der Waals surface area contributed by atoms with Gasteiger partial charge in [0, 0.05) is 0 Å². The van der Waals surface area contributed by atoms with Crippen LogP contribution in [0.1, 0.15) is 192 Å². The van der Waals surface area contributed by atoms with Gasteiger partial charge in [0.25, 0.3) is 0 Å². The molecule has 0 amide bonds. The maximum absolute atomic E-state index is 9.29. The summed E-state index contributed by atoms with van der Waals surface area (Å²) in [5.74, 6) is 0. The number of hydrogen-bond donors (Lipinski definition) is 0. The molecule has 0 aliphatic heterocycles. The summed E-state index contributed by atoms with van der Waals surface area (Å²) in [6.07, 6.45) is 38.0. The number of aryl methyl sites for hydroxylation is 3. The average Bonchev–Trinajstić information content (AvgIpc) is 3.17. The minimum Gasteiger partial charge on any atom is -0.850 e. The smallest absolute Gasteiger partial charge is 0.160 e. The van der Waals surface area contributed by atoms with E-state index < -0.39 is 5.69 Å². The monoisotopic (exact) mass is 970 g/mol. The standard InChI is InChI=1S/3C16H25.H3O2PS2.3Zn/c3*1-2-3-4-5-6-7-8-10-13-16-14-11-9-12-15-16;1-3(2,4)5;;;/h3*9,11-12,14H,2-8,10,13H2,1H3;(H3,1,2,4,5);;;/q;;;;3*+1/p-3. The minimum absolute atomic E-state index is 1.30. The van der Waals surface area contributed by atoms with Gasteiger partial charge in [-0.3, -0.25) is 0 Å². The molecular weight excluding hydrogens is 900 g/mol. The molecule has 0 heterocycles. The van der Waals surface area contributed by atoms with Crippen LogP contribution in [-0.4, -0.2) is 0 Å². The van der Waals surface area contributed by atoms with Gasteiger partial charge in [-0.05, 0) is 0 Å². The van der Waals surface area contributed by atoms with E-state index in [2.05, 4.69) is 118 Å². The molecule has 0 atom stereocenters. The van der Waals surface area contributed by atoms with Crippen LogP contribution in [0.5, 0.6) is 0 Å². The van der Waals surface area contributed by atoms with Crippen LogP contribution in [0.2, 0.25) is 0 Å². The van der Waals surface area contributed by atoms with Crippen molar-refractivity contribution in [1.82, 2.24) is 0 Å². The molecule has 56 heavy (non-hydrogen) atoms. The first kappa shape index (κ1) is 56.5. The fourth-order valence-corrected chi connectivity index (χ4v) is 9.46. The van der Waals surface area contributed by atoms with Crippen LogP contribution >= 0.6 is 5.69 Å². The van der Waals surface area contributed by atoms with Gasteiger partial charge in [0.15, 0.2) is 0 Å². The van der Waals surface area contributed by atoms with Crippen molar-refractivity contribution in [3.05, 3.63) is 89.5 Å². The van der Waals surface area contributed by atoms with Gasteiger partial charge in [-0.15, -0.1) is 0 Å². The van der Waals surface area contributed by atoms with Gasteiger partial charge in [-0.2, -0.15) is 11.8 Å². The molecule has 0 aliphatic carbocycles. The number of rotatable bonds is 27. The Labute approximate surface area is 387 Å². The van der Waals surface area contributed by atoms with E-state index in [-0.39, 0.29) is 0 Å². The van der Waals surface area contributed by atoms with Gasteiger partial charge in [-0.1, -0.05) is 0 Å². The predicted molar refractivity (Wildman–Crippen MR) is 239 cm³/mol. The van der Waals surface area contributed by atoms with Crippen molar-refractivity contribution in [2.75, 3.05) is 0 Å². The van der Waals surface area contributed by atoms with Crippen LogP contribution in [0.25, 0.3) is 0 Å². The Kier molecular flexibility index (Phi) is 41.2. The van der Waals surface area contributed by atoms with Crippen molar-refractivity contribution in [2.45, 2.75) is 194 Å². The van der Waals surface area contributed by atoms with E-state index in [0.29, 0.717) is 0 Å². The van der Waals surface area contributed by atoms with Crippen LogP contribution in [0.3, 0.4) is 0 Å². The van der Waals surface area contributed by atoms with Gasteiger partial charge in [0.05, 0.1) is 0 Å². The molecule has 0 N–H and O–H groups in total. The first-order valence-corrected chi connectivity index (χ1v) is 30.6. The Morgan fingerprint density at radius 3 is 0.768 bits per heavy atom. The summed E-state index contributed by atoms with van der Waals surface area (Å²) in [4.78, 5) is 18.6. The van der Waals surface area contributed by atoms with Gasteiger partial charge in [0.2, 0.25) is 0 Å². The normalized spacial score (nSPS) is 10.9. The second kappa shape index (κ2) is 40.8. The molecule has 3 aromatic carbocycles. The van der Waals surface area contributed by atoms with Crippen LogP contribution in [0.4, 0.5) is 0 Å². The van der Waals surface area contributed by atoms with Gasteiger partial charge in [0.1, 0.15) is 0 Å². The van der Waals surface area contributed by atoms with Crippen LogP contribution in [0.15, 0.2) is 72.8 Å². The maximum atomic E-state index is 9.29. The topological polar surface area (TPSA) is 46.1 Å². The van der Waals surface area contributed by atoms with E-state index in [9.17, 15) is 9.79 Å². The predicted octanol–water partition coefficient (Wildman–Crippen LogP) is 12.1. The Morgan fingerprint density at radius 1 is 0.393 bits per heavy atom. The molecule has 0 aliphatic rings. The van der Waals surface area contributed by atoms with E-state index in [1.807, 2.05) is 0 Å². The second-order valence-corrected chi connectivity index (χ2v) is 24.7. The molecule has 0 fully saturated rings. The number of benzene rings is 3. The molecule has 0 spiro atoms. The third-order valence-corrected chi connectivity index (χ3v) is 14.6. The summed E-state index contributed by atoms with van der Waals surface area (Å²) in [7, 11) is 0. The van der Waals surface area contributed by atoms with E-state index in [1.54, 1.807) is 29.2 Å². The van der Waals surface area contributed by atoms with Crippen molar-refractivity contribution in [2.24, 2.45) is 0 Å². The summed E-state index contributed by atoms with van der Waals surface area (Å²) >= 11 is 11.2. The van der Waals surface area contributed by atoms with Crippen LogP contribution in [0, 0.1) is 0 Å². The molecule has 0 unspecified atom stereocenters. The quantitative estimate of drug-likeness (QED) is 0.0330. The summed E-state index contributed by atoms with van der Waals surface area (Å²) in [6.45, 7) is 6.85. The summed E-state index contributed by atoms with van der Waals surface area (Å²) in [5, 5.41) is 0. The molecule has 3 aromatic rings. The molecule has 0 radical (unpaired) electrons. The SMILES string of the molecule is CCCCCCCCCCc1cccc[c]1[Zn+].CCCCCCCCCCc1cccc[c]1[Zn+].CCCCCCCCCCc1cccc[c]1[Zn+].[O-]P([O-])(=S)[S-]. The zero-order chi connectivity index (χ0) is 41.5. The third kappa shape index (κ3) is 38.6. The molecular formula is C48H75O2PS2Zn3. The zero-order valence-electron chi connectivity index (χ0n) is 36.2.